The van der Waals surface area contributed by atoms with E-state index in [1.807, 2.05) is 0 Å². The topological polar surface area (TPSA) is 89.2 Å². The van der Waals surface area contributed by atoms with Gasteiger partial charge >= 0.3 is 5.97 Å². The third kappa shape index (κ3) is 3.46. The quantitative estimate of drug-likeness (QED) is 0.894. The zero-order valence-corrected chi connectivity index (χ0v) is 14.3. The Labute approximate surface area is 145 Å². The fourth-order valence-corrected chi connectivity index (χ4v) is 3.24. The molecule has 7 heteroatoms. The van der Waals surface area contributed by atoms with Crippen molar-refractivity contribution in [3.63, 3.8) is 0 Å². The second-order valence-corrected chi connectivity index (χ2v) is 6.07. The van der Waals surface area contributed by atoms with Gasteiger partial charge in [-0.05, 0) is 38.0 Å². The van der Waals surface area contributed by atoms with Gasteiger partial charge in [0.25, 0.3) is 5.91 Å². The Bertz CT molecular complexity index is 790. The van der Waals surface area contributed by atoms with Crippen molar-refractivity contribution in [1.29, 1.82) is 0 Å². The van der Waals surface area contributed by atoms with E-state index in [2.05, 4.69) is 0 Å². The summed E-state index contributed by atoms with van der Waals surface area (Å²) in [7, 11) is 1.55. The lowest BCUT2D eigenvalue weighted by atomic mass is 10.0. The summed E-state index contributed by atoms with van der Waals surface area (Å²) >= 11 is 0. The highest BCUT2D eigenvalue weighted by molar-refractivity contribution is 6.08. The molecule has 0 spiro atoms. The molecule has 7 nitrogen and oxygen atoms in total. The van der Waals surface area contributed by atoms with E-state index in [0.29, 0.717) is 54.1 Å². The van der Waals surface area contributed by atoms with E-state index in [-0.39, 0.29) is 18.5 Å². The van der Waals surface area contributed by atoms with Crippen LogP contribution in [0, 0.1) is 6.92 Å². The van der Waals surface area contributed by atoms with Crippen molar-refractivity contribution in [3.8, 4) is 5.75 Å². The van der Waals surface area contributed by atoms with Crippen LogP contribution in [0.2, 0.25) is 0 Å². The second kappa shape index (κ2) is 7.14. The highest BCUT2D eigenvalue weighted by Crippen LogP contribution is 2.31. The smallest absolute Gasteiger partial charge is 0.323 e. The average Bonchev–Trinajstić information content (AvgIpc) is 2.94. The number of carboxylic acids is 1. The molecule has 25 heavy (non-hydrogen) atoms. The number of aliphatic carboxylic acids is 1. The van der Waals surface area contributed by atoms with Gasteiger partial charge in [-0.25, -0.2) is 0 Å². The van der Waals surface area contributed by atoms with Gasteiger partial charge in [0.15, 0.2) is 0 Å². The van der Waals surface area contributed by atoms with Gasteiger partial charge in [-0.1, -0.05) is 0 Å². The number of hydrogen-bond donors (Lipinski definition) is 1. The largest absolute Gasteiger partial charge is 0.497 e. The Balaban J connectivity index is 2.02. The normalized spacial score (nSPS) is 15.3. The Morgan fingerprint density at radius 2 is 2.04 bits per heavy atom. The van der Waals surface area contributed by atoms with Gasteiger partial charge < -0.3 is 23.9 Å². The van der Waals surface area contributed by atoms with Crippen molar-refractivity contribution in [3.05, 3.63) is 29.5 Å². The number of hydrogen-bond acceptors (Lipinski definition) is 5. The first-order valence-corrected chi connectivity index (χ1v) is 8.19. The molecular formula is C18H21NO6. The van der Waals surface area contributed by atoms with Crippen LogP contribution in [0.5, 0.6) is 5.75 Å². The molecule has 1 amide bonds. The zero-order chi connectivity index (χ0) is 18.0. The van der Waals surface area contributed by atoms with Crippen molar-refractivity contribution in [2.75, 3.05) is 26.9 Å². The van der Waals surface area contributed by atoms with E-state index in [9.17, 15) is 14.7 Å². The van der Waals surface area contributed by atoms with Crippen molar-refractivity contribution in [1.82, 2.24) is 4.90 Å². The molecule has 0 bridgehead atoms. The number of nitrogens with zero attached hydrogens (tertiary/aromatic N) is 1. The molecule has 1 aromatic carbocycles. The summed E-state index contributed by atoms with van der Waals surface area (Å²) < 4.78 is 16.2. The summed E-state index contributed by atoms with van der Waals surface area (Å²) in [5.41, 5.74) is 0.963. The number of ether oxygens (including phenoxy) is 2. The standard InChI is InChI=1S/C18H21NO6/c1-11-17(14-9-13(23-2)3-4-15(14)25-11)18(22)19(10-16(20)21)12-5-7-24-8-6-12/h3-4,9,12H,5-8,10H2,1-2H3,(H,20,21). The van der Waals surface area contributed by atoms with Crippen LogP contribution in [0.1, 0.15) is 29.0 Å². The van der Waals surface area contributed by atoms with Crippen LogP contribution in [0.15, 0.2) is 22.6 Å². The average molecular weight is 347 g/mol. The molecule has 1 saturated heterocycles. The number of rotatable bonds is 5. The lowest BCUT2D eigenvalue weighted by Crippen LogP contribution is -2.46. The Morgan fingerprint density at radius 1 is 1.32 bits per heavy atom. The molecule has 1 aliphatic heterocycles. The summed E-state index contributed by atoms with van der Waals surface area (Å²) in [6.45, 7) is 2.40. The lowest BCUT2D eigenvalue weighted by Gasteiger charge is -2.33. The Hall–Kier alpha value is -2.54. The fraction of sp³-hybridized carbons (Fsp3) is 0.444. The minimum absolute atomic E-state index is 0.160. The maximum atomic E-state index is 13.2. The van der Waals surface area contributed by atoms with Crippen LogP contribution in [0.4, 0.5) is 0 Å². The highest BCUT2D eigenvalue weighted by Gasteiger charge is 2.31. The molecule has 0 aliphatic carbocycles. The fourth-order valence-electron chi connectivity index (χ4n) is 3.24. The first kappa shape index (κ1) is 17.3. The number of furan rings is 1. The van der Waals surface area contributed by atoms with Gasteiger partial charge in [-0.2, -0.15) is 0 Å². The highest BCUT2D eigenvalue weighted by atomic mass is 16.5. The number of carbonyl (C=O) groups is 2. The molecule has 134 valence electrons. The molecule has 0 saturated carbocycles. The number of amides is 1. The summed E-state index contributed by atoms with van der Waals surface area (Å²) in [6.07, 6.45) is 1.24. The van der Waals surface area contributed by atoms with Crippen molar-refractivity contribution in [2.24, 2.45) is 0 Å². The molecule has 1 N–H and O–H groups in total. The van der Waals surface area contributed by atoms with Gasteiger partial charge in [-0.3, -0.25) is 9.59 Å². The second-order valence-electron chi connectivity index (χ2n) is 6.07. The van der Waals surface area contributed by atoms with Crippen LogP contribution in [-0.2, 0) is 9.53 Å². The van der Waals surface area contributed by atoms with Crippen LogP contribution >= 0.6 is 0 Å². The molecule has 0 atom stereocenters. The van der Waals surface area contributed by atoms with Gasteiger partial charge in [-0.15, -0.1) is 0 Å². The van der Waals surface area contributed by atoms with E-state index in [1.165, 1.54) is 4.90 Å². The van der Waals surface area contributed by atoms with Crippen LogP contribution in [-0.4, -0.2) is 54.8 Å². The molecule has 1 aliphatic rings. The van der Waals surface area contributed by atoms with Crippen molar-refractivity contribution < 1.29 is 28.6 Å². The van der Waals surface area contributed by atoms with Gasteiger partial charge in [0.05, 0.1) is 12.7 Å². The van der Waals surface area contributed by atoms with Gasteiger partial charge in [0, 0.05) is 24.6 Å². The summed E-state index contributed by atoms with van der Waals surface area (Å²) in [6, 6.07) is 5.08. The summed E-state index contributed by atoms with van der Waals surface area (Å²) in [5, 5.41) is 9.89. The van der Waals surface area contributed by atoms with E-state index >= 15 is 0 Å². The van der Waals surface area contributed by atoms with E-state index in [4.69, 9.17) is 13.9 Å². The van der Waals surface area contributed by atoms with Crippen molar-refractivity contribution in [2.45, 2.75) is 25.8 Å². The van der Waals surface area contributed by atoms with Crippen LogP contribution < -0.4 is 4.74 Å². The molecule has 3 rings (SSSR count). The molecule has 0 radical (unpaired) electrons. The maximum absolute atomic E-state index is 13.2. The third-order valence-electron chi connectivity index (χ3n) is 4.48. The zero-order valence-electron chi connectivity index (χ0n) is 14.3. The van der Waals surface area contributed by atoms with Crippen molar-refractivity contribution >= 4 is 22.8 Å². The third-order valence-corrected chi connectivity index (χ3v) is 4.48. The molecule has 1 aromatic heterocycles. The number of benzene rings is 1. The van der Waals surface area contributed by atoms with E-state index < -0.39 is 5.97 Å². The number of methoxy groups -OCH3 is 1. The minimum atomic E-state index is -1.04. The van der Waals surface area contributed by atoms with E-state index in [0.717, 1.165) is 0 Å². The maximum Gasteiger partial charge on any atom is 0.323 e. The predicted molar refractivity (Wildman–Crippen MR) is 90.0 cm³/mol. The van der Waals surface area contributed by atoms with Crippen LogP contribution in [0.3, 0.4) is 0 Å². The van der Waals surface area contributed by atoms with Gasteiger partial charge in [0.1, 0.15) is 23.6 Å². The van der Waals surface area contributed by atoms with Gasteiger partial charge in [0.2, 0.25) is 0 Å². The lowest BCUT2D eigenvalue weighted by molar-refractivity contribution is -0.138. The SMILES string of the molecule is COc1ccc2oc(C)c(C(=O)N(CC(=O)O)C3CCOCC3)c2c1. The number of carboxylic acid groups (broad SMARTS) is 1. The van der Waals surface area contributed by atoms with Crippen LogP contribution in [0.25, 0.3) is 11.0 Å². The molecule has 2 aromatic rings. The molecule has 0 unspecified atom stereocenters. The molecular weight excluding hydrogens is 326 g/mol. The first-order valence-electron chi connectivity index (χ1n) is 8.19. The Morgan fingerprint density at radius 3 is 2.68 bits per heavy atom. The number of carbonyl (C=O) groups excluding carboxylic acids is 1. The Kier molecular flexibility index (Phi) is 4.94. The molecule has 2 heterocycles. The molecule has 1 fully saturated rings. The minimum Gasteiger partial charge on any atom is -0.497 e. The number of fused-ring (bicyclic) bond motifs is 1. The first-order chi connectivity index (χ1) is 12.0. The van der Waals surface area contributed by atoms with E-state index in [1.54, 1.807) is 32.2 Å². The summed E-state index contributed by atoms with van der Waals surface area (Å²) in [5.74, 6) is -0.296. The number of aryl methyl sites for hydroxylation is 1. The summed E-state index contributed by atoms with van der Waals surface area (Å²) in [4.78, 5) is 25.9. The monoisotopic (exact) mass is 347 g/mol. The predicted octanol–water partition coefficient (Wildman–Crippen LogP) is 2.46.